The van der Waals surface area contributed by atoms with Crippen LogP contribution in [-0.4, -0.2) is 44.3 Å². The van der Waals surface area contributed by atoms with E-state index in [4.69, 9.17) is 43.4 Å². The van der Waals surface area contributed by atoms with Crippen LogP contribution in [0.1, 0.15) is 52.4 Å². The van der Waals surface area contributed by atoms with Crippen LogP contribution in [0.5, 0.6) is 0 Å². The molecule has 0 spiro atoms. The van der Waals surface area contributed by atoms with Gasteiger partial charge in [-0.3, -0.25) is 0 Å². The zero-order chi connectivity index (χ0) is 17.5. The normalized spacial score (nSPS) is 13.4. The van der Waals surface area contributed by atoms with Crippen molar-refractivity contribution in [3.05, 3.63) is 0 Å². The fourth-order valence-electron chi connectivity index (χ4n) is 2.06. The molecule has 6 heteroatoms. The molecule has 0 N–H and O–H groups in total. The van der Waals surface area contributed by atoms with E-state index in [1.165, 1.54) is 0 Å². The Morgan fingerprint density at radius 2 is 1.13 bits per heavy atom. The van der Waals surface area contributed by atoms with E-state index >= 15 is 0 Å². The number of rotatable bonds is 14. The van der Waals surface area contributed by atoms with Crippen LogP contribution in [0, 0.1) is 11.8 Å². The largest absolute Gasteiger partial charge is 0.451 e. The summed E-state index contributed by atoms with van der Waals surface area (Å²) in [6.07, 6.45) is 6.26. The molecule has 0 rings (SSSR count). The van der Waals surface area contributed by atoms with Gasteiger partial charge in [-0.15, -0.1) is 0 Å². The van der Waals surface area contributed by atoms with E-state index in [1.807, 2.05) is 0 Å². The maximum Gasteiger partial charge on any atom is 0.232 e. The summed E-state index contributed by atoms with van der Waals surface area (Å²) in [6.45, 7) is 5.85. The van der Waals surface area contributed by atoms with Crippen LogP contribution >= 0.6 is 24.4 Å². The lowest BCUT2D eigenvalue weighted by Gasteiger charge is -2.17. The van der Waals surface area contributed by atoms with E-state index in [2.05, 4.69) is 13.8 Å². The third kappa shape index (κ3) is 12.8. The molecule has 0 aliphatic carbocycles. The van der Waals surface area contributed by atoms with Gasteiger partial charge in [0, 0.05) is 39.3 Å². The number of hydrogen-bond donors (Lipinski definition) is 0. The molecule has 2 unspecified atom stereocenters. The molecule has 0 saturated carbocycles. The summed E-state index contributed by atoms with van der Waals surface area (Å²) in [5.74, 6) is 0.482. The molecule has 0 aliphatic heterocycles. The van der Waals surface area contributed by atoms with Gasteiger partial charge in [-0.2, -0.15) is 0 Å². The van der Waals surface area contributed by atoms with Crippen molar-refractivity contribution in [1.82, 2.24) is 0 Å². The molecule has 2 atom stereocenters. The second-order valence-electron chi connectivity index (χ2n) is 5.82. The van der Waals surface area contributed by atoms with Crippen LogP contribution in [0.3, 0.4) is 0 Å². The lowest BCUT2D eigenvalue weighted by Crippen LogP contribution is -2.19. The fraction of sp³-hybridized carbons (Fsp3) is 0.882. The van der Waals surface area contributed by atoms with Crippen molar-refractivity contribution < 1.29 is 18.9 Å². The first-order chi connectivity index (χ1) is 11.0. The van der Waals surface area contributed by atoms with Crippen molar-refractivity contribution in [2.45, 2.75) is 52.4 Å². The number of thiocarbonyl (C=S) groups is 2. The van der Waals surface area contributed by atoms with Crippen molar-refractivity contribution >= 4 is 34.5 Å². The van der Waals surface area contributed by atoms with Gasteiger partial charge >= 0.3 is 0 Å². The summed E-state index contributed by atoms with van der Waals surface area (Å²) in [5.41, 5.74) is 0. The van der Waals surface area contributed by atoms with E-state index in [1.54, 1.807) is 14.2 Å². The van der Waals surface area contributed by atoms with Crippen molar-refractivity contribution in [3.63, 3.8) is 0 Å². The molecule has 0 saturated heterocycles. The molecule has 0 bridgehead atoms. The van der Waals surface area contributed by atoms with Gasteiger partial charge in [-0.1, -0.05) is 26.7 Å². The predicted octanol–water partition coefficient (Wildman–Crippen LogP) is 4.54. The lowest BCUT2D eigenvalue weighted by atomic mass is 10.1. The van der Waals surface area contributed by atoms with Crippen molar-refractivity contribution in [3.8, 4) is 0 Å². The third-order valence-electron chi connectivity index (χ3n) is 3.68. The second kappa shape index (κ2) is 15.2. The highest BCUT2D eigenvalue weighted by Gasteiger charge is 2.13. The zero-order valence-electron chi connectivity index (χ0n) is 15.0. The van der Waals surface area contributed by atoms with Crippen molar-refractivity contribution in [1.29, 1.82) is 0 Å². The molecule has 0 amide bonds. The predicted molar refractivity (Wildman–Crippen MR) is 102 cm³/mol. The summed E-state index contributed by atoms with van der Waals surface area (Å²) < 4.78 is 21.1. The summed E-state index contributed by atoms with van der Waals surface area (Å²) in [6, 6.07) is 0. The third-order valence-corrected chi connectivity index (χ3v) is 4.72. The summed E-state index contributed by atoms with van der Waals surface area (Å²) in [7, 11) is 3.44. The Balaban J connectivity index is 3.73. The van der Waals surface area contributed by atoms with Crippen molar-refractivity contribution in [2.24, 2.45) is 11.8 Å². The fourth-order valence-corrected chi connectivity index (χ4v) is 2.39. The van der Waals surface area contributed by atoms with Gasteiger partial charge in [-0.05, 0) is 50.1 Å². The number of unbranched alkanes of at least 4 members (excludes halogenated alkanes) is 2. The maximum absolute atomic E-state index is 5.50. The van der Waals surface area contributed by atoms with E-state index in [9.17, 15) is 0 Å². The first-order valence-electron chi connectivity index (χ1n) is 8.34. The first kappa shape index (κ1) is 22.7. The van der Waals surface area contributed by atoms with Crippen LogP contribution in [0.4, 0.5) is 0 Å². The molecule has 0 aromatic rings. The zero-order valence-corrected chi connectivity index (χ0v) is 16.6. The molecular weight excluding hydrogens is 332 g/mol. The molecule has 4 nitrogen and oxygen atoms in total. The van der Waals surface area contributed by atoms with Crippen LogP contribution in [0.25, 0.3) is 0 Å². The highest BCUT2D eigenvalue weighted by molar-refractivity contribution is 7.80. The molecule has 0 aliphatic rings. The standard InChI is InChI=1S/C17H32O4S2/c1-14(9-5-7-11-18-3)16(22)20-13-21-17(23)15(2)10-6-8-12-19-4/h14-15H,5-13H2,1-4H3. The molecule has 0 aromatic carbocycles. The van der Waals surface area contributed by atoms with E-state index in [-0.39, 0.29) is 18.6 Å². The van der Waals surface area contributed by atoms with Crippen molar-refractivity contribution in [2.75, 3.05) is 34.2 Å². The minimum atomic E-state index is 0.114. The van der Waals surface area contributed by atoms with Gasteiger partial charge in [-0.25, -0.2) is 0 Å². The molecule has 0 fully saturated rings. The average Bonchev–Trinajstić information content (AvgIpc) is 2.54. The smallest absolute Gasteiger partial charge is 0.232 e. The topological polar surface area (TPSA) is 36.9 Å². The minimum absolute atomic E-state index is 0.114. The number of ether oxygens (including phenoxy) is 4. The van der Waals surface area contributed by atoms with Crippen LogP contribution < -0.4 is 0 Å². The Bertz CT molecular complexity index is 294. The Morgan fingerprint density at radius 3 is 1.48 bits per heavy atom. The number of methoxy groups -OCH3 is 2. The molecule has 0 heterocycles. The van der Waals surface area contributed by atoms with Crippen LogP contribution in [0.2, 0.25) is 0 Å². The summed E-state index contributed by atoms with van der Waals surface area (Å²) in [5, 5.41) is 1.19. The van der Waals surface area contributed by atoms with Gasteiger partial charge in [0.15, 0.2) is 10.1 Å². The maximum atomic E-state index is 5.50. The summed E-state index contributed by atoms with van der Waals surface area (Å²) >= 11 is 10.6. The molecule has 23 heavy (non-hydrogen) atoms. The highest BCUT2D eigenvalue weighted by Crippen LogP contribution is 2.13. The molecule has 0 aromatic heterocycles. The van der Waals surface area contributed by atoms with Gasteiger partial charge in [0.1, 0.15) is 0 Å². The highest BCUT2D eigenvalue weighted by atomic mass is 32.1. The SMILES string of the molecule is COCCCCC(C)C(=S)OCOC(=S)C(C)CCCCOC. The average molecular weight is 365 g/mol. The Morgan fingerprint density at radius 1 is 0.739 bits per heavy atom. The number of hydrogen-bond acceptors (Lipinski definition) is 6. The van der Waals surface area contributed by atoms with E-state index in [0.717, 1.165) is 51.7 Å². The first-order valence-corrected chi connectivity index (χ1v) is 9.15. The quantitative estimate of drug-likeness (QED) is 0.256. The Kier molecular flexibility index (Phi) is 15.0. The van der Waals surface area contributed by atoms with E-state index in [0.29, 0.717) is 10.1 Å². The van der Waals surface area contributed by atoms with E-state index < -0.39 is 0 Å². The molecule has 0 radical (unpaired) electrons. The second-order valence-corrected chi connectivity index (χ2v) is 6.63. The van der Waals surface area contributed by atoms with Gasteiger partial charge in [0.25, 0.3) is 0 Å². The van der Waals surface area contributed by atoms with Crippen LogP contribution in [0.15, 0.2) is 0 Å². The van der Waals surface area contributed by atoms with Crippen LogP contribution in [-0.2, 0) is 18.9 Å². The van der Waals surface area contributed by atoms with Gasteiger partial charge < -0.3 is 18.9 Å². The van der Waals surface area contributed by atoms with Gasteiger partial charge in [0.2, 0.25) is 6.79 Å². The Labute approximate surface area is 152 Å². The summed E-state index contributed by atoms with van der Waals surface area (Å²) in [4.78, 5) is 0. The minimum Gasteiger partial charge on any atom is -0.451 e. The van der Waals surface area contributed by atoms with Gasteiger partial charge in [0.05, 0.1) is 0 Å². The molecule has 136 valence electrons. The lowest BCUT2D eigenvalue weighted by molar-refractivity contribution is 0.0920. The Hall–Kier alpha value is -0.300. The molecular formula is C17H32O4S2. The monoisotopic (exact) mass is 364 g/mol.